The number of hydrogen-bond donors (Lipinski definition) is 0. The second-order valence-corrected chi connectivity index (χ2v) is 1.94. The first-order valence-electron chi connectivity index (χ1n) is 3.06. The molecule has 0 aliphatic heterocycles. The van der Waals surface area contributed by atoms with Crippen molar-refractivity contribution in [2.24, 2.45) is 0 Å². The van der Waals surface area contributed by atoms with E-state index in [1.165, 1.54) is 0 Å². The van der Waals surface area contributed by atoms with Gasteiger partial charge in [0.15, 0.2) is 5.88 Å². The third-order valence-electron chi connectivity index (χ3n) is 1.27. The maximum absolute atomic E-state index is 5.02. The van der Waals surface area contributed by atoms with Crippen LogP contribution in [0.5, 0.6) is 5.88 Å². The van der Waals surface area contributed by atoms with Gasteiger partial charge >= 0.3 is 0 Å². The molecule has 0 unspecified atom stereocenters. The lowest BCUT2D eigenvalue weighted by Crippen LogP contribution is -2.00. The second kappa shape index (κ2) is 3.27. The molecule has 3 heteroatoms. The molecule has 1 heterocycles. The summed E-state index contributed by atoms with van der Waals surface area (Å²) >= 11 is 0. The first kappa shape index (κ1) is 7.15. The van der Waals surface area contributed by atoms with E-state index in [4.69, 9.17) is 9.47 Å². The zero-order valence-electron chi connectivity index (χ0n) is 6.20. The predicted molar refractivity (Wildman–Crippen MR) is 38.0 cm³/mol. The Morgan fingerprint density at radius 1 is 1.50 bits per heavy atom. The van der Waals surface area contributed by atoms with Crippen molar-refractivity contribution < 1.29 is 9.47 Å². The summed E-state index contributed by atoms with van der Waals surface area (Å²) in [5, 5.41) is 0. The molecule has 0 aromatic carbocycles. The third kappa shape index (κ3) is 1.30. The van der Waals surface area contributed by atoms with Crippen molar-refractivity contribution in [2.45, 2.75) is 6.73 Å². The second-order valence-electron chi connectivity index (χ2n) is 1.94. The largest absolute Gasteiger partial charge is 0.482 e. The Morgan fingerprint density at radius 3 is 2.90 bits per heavy atom. The van der Waals surface area contributed by atoms with Crippen LogP contribution in [-0.2, 0) is 11.5 Å². The maximum Gasteiger partial charge on any atom is 0.195 e. The monoisotopic (exact) mass is 141 g/mol. The predicted octanol–water partition coefficient (Wildman–Crippen LogP) is 1.10. The molecule has 0 fully saturated rings. The molecule has 0 atom stereocenters. The summed E-state index contributed by atoms with van der Waals surface area (Å²) in [5.41, 5.74) is 0. The summed E-state index contributed by atoms with van der Waals surface area (Å²) in [6.07, 6.45) is 1.91. The number of nitrogens with zero attached hydrogens (tertiary/aromatic N) is 1. The zero-order chi connectivity index (χ0) is 7.40. The molecular formula is C7H11NO2. The highest BCUT2D eigenvalue weighted by atomic mass is 16.5. The van der Waals surface area contributed by atoms with E-state index in [2.05, 4.69) is 0 Å². The van der Waals surface area contributed by atoms with Crippen LogP contribution in [0.1, 0.15) is 0 Å². The van der Waals surface area contributed by atoms with Crippen molar-refractivity contribution in [3.8, 4) is 5.88 Å². The van der Waals surface area contributed by atoms with E-state index in [9.17, 15) is 0 Å². The van der Waals surface area contributed by atoms with Crippen LogP contribution in [0.4, 0.5) is 0 Å². The van der Waals surface area contributed by atoms with Crippen LogP contribution in [0.2, 0.25) is 0 Å². The Morgan fingerprint density at radius 2 is 2.30 bits per heavy atom. The fraction of sp³-hybridized carbons (Fsp3) is 0.429. The minimum absolute atomic E-state index is 0.538. The number of methoxy groups -OCH3 is 2. The van der Waals surface area contributed by atoms with Gasteiger partial charge in [-0.1, -0.05) is 0 Å². The van der Waals surface area contributed by atoms with E-state index in [0.717, 1.165) is 5.88 Å². The van der Waals surface area contributed by atoms with Gasteiger partial charge in [-0.3, -0.25) is 4.57 Å². The summed E-state index contributed by atoms with van der Waals surface area (Å²) in [4.78, 5) is 0. The standard InChI is InChI=1S/C7H11NO2/c1-9-6-8-5-3-4-7(8)10-2/h3-5H,6H2,1-2H3. The topological polar surface area (TPSA) is 23.4 Å². The average Bonchev–Trinajstić information content (AvgIpc) is 2.36. The van der Waals surface area contributed by atoms with Gasteiger partial charge in [-0.05, 0) is 12.1 Å². The minimum atomic E-state index is 0.538. The molecule has 10 heavy (non-hydrogen) atoms. The Kier molecular flexibility index (Phi) is 2.34. The SMILES string of the molecule is COCn1cccc1OC. The fourth-order valence-corrected chi connectivity index (χ4v) is 0.829. The van der Waals surface area contributed by atoms with E-state index in [0.29, 0.717) is 6.73 Å². The summed E-state index contributed by atoms with van der Waals surface area (Å²) in [7, 11) is 3.29. The van der Waals surface area contributed by atoms with Crippen LogP contribution in [-0.4, -0.2) is 18.8 Å². The van der Waals surface area contributed by atoms with Crippen molar-refractivity contribution in [2.75, 3.05) is 14.2 Å². The van der Waals surface area contributed by atoms with Gasteiger partial charge in [0.1, 0.15) is 6.73 Å². The van der Waals surface area contributed by atoms with Crippen LogP contribution in [0, 0.1) is 0 Å². The zero-order valence-corrected chi connectivity index (χ0v) is 6.20. The summed E-state index contributed by atoms with van der Waals surface area (Å²) < 4.78 is 11.8. The lowest BCUT2D eigenvalue weighted by molar-refractivity contribution is 0.123. The van der Waals surface area contributed by atoms with Crippen LogP contribution >= 0.6 is 0 Å². The van der Waals surface area contributed by atoms with Gasteiger partial charge in [0.25, 0.3) is 0 Å². The van der Waals surface area contributed by atoms with E-state index in [1.807, 2.05) is 22.9 Å². The van der Waals surface area contributed by atoms with Crippen molar-refractivity contribution in [1.29, 1.82) is 0 Å². The summed E-state index contributed by atoms with van der Waals surface area (Å²) in [6, 6.07) is 3.80. The Labute approximate surface area is 60.2 Å². The lowest BCUT2D eigenvalue weighted by atomic mass is 10.7. The van der Waals surface area contributed by atoms with Gasteiger partial charge in [-0.15, -0.1) is 0 Å². The molecule has 0 aliphatic rings. The minimum Gasteiger partial charge on any atom is -0.482 e. The summed E-state index contributed by atoms with van der Waals surface area (Å²) in [6.45, 7) is 0.538. The van der Waals surface area contributed by atoms with Gasteiger partial charge in [0, 0.05) is 13.3 Å². The highest BCUT2D eigenvalue weighted by Gasteiger charge is 1.96. The smallest absolute Gasteiger partial charge is 0.195 e. The number of aromatic nitrogens is 1. The van der Waals surface area contributed by atoms with Crippen LogP contribution < -0.4 is 4.74 Å². The quantitative estimate of drug-likeness (QED) is 0.629. The molecule has 3 nitrogen and oxygen atoms in total. The first-order valence-corrected chi connectivity index (χ1v) is 3.06. The fourth-order valence-electron chi connectivity index (χ4n) is 0.829. The molecule has 0 aliphatic carbocycles. The Hall–Kier alpha value is -0.960. The molecule has 1 aromatic heterocycles. The molecule has 0 saturated heterocycles. The van der Waals surface area contributed by atoms with Crippen molar-refractivity contribution >= 4 is 0 Å². The molecule has 0 radical (unpaired) electrons. The van der Waals surface area contributed by atoms with Crippen LogP contribution in [0.15, 0.2) is 18.3 Å². The summed E-state index contributed by atoms with van der Waals surface area (Å²) in [5.74, 6) is 0.821. The number of ether oxygens (including phenoxy) is 2. The first-order chi connectivity index (χ1) is 4.88. The third-order valence-corrected chi connectivity index (χ3v) is 1.27. The molecule has 0 N–H and O–H groups in total. The molecular weight excluding hydrogens is 130 g/mol. The molecule has 1 rings (SSSR count). The maximum atomic E-state index is 5.02. The van der Waals surface area contributed by atoms with E-state index in [-0.39, 0.29) is 0 Å². The molecule has 0 spiro atoms. The van der Waals surface area contributed by atoms with Gasteiger partial charge in [-0.25, -0.2) is 0 Å². The number of hydrogen-bond acceptors (Lipinski definition) is 2. The van der Waals surface area contributed by atoms with E-state index < -0.39 is 0 Å². The molecule has 0 amide bonds. The highest BCUT2D eigenvalue weighted by Crippen LogP contribution is 2.10. The van der Waals surface area contributed by atoms with Gasteiger partial charge < -0.3 is 9.47 Å². The lowest BCUT2D eigenvalue weighted by Gasteiger charge is -2.04. The average molecular weight is 141 g/mol. The Balaban J connectivity index is 2.70. The van der Waals surface area contributed by atoms with Crippen molar-refractivity contribution in [3.63, 3.8) is 0 Å². The van der Waals surface area contributed by atoms with Gasteiger partial charge in [0.2, 0.25) is 0 Å². The van der Waals surface area contributed by atoms with E-state index in [1.54, 1.807) is 14.2 Å². The van der Waals surface area contributed by atoms with E-state index >= 15 is 0 Å². The molecule has 56 valence electrons. The number of rotatable bonds is 3. The molecule has 1 aromatic rings. The van der Waals surface area contributed by atoms with Crippen molar-refractivity contribution in [3.05, 3.63) is 18.3 Å². The van der Waals surface area contributed by atoms with Crippen LogP contribution in [0.25, 0.3) is 0 Å². The molecule has 0 bridgehead atoms. The molecule has 0 saturated carbocycles. The van der Waals surface area contributed by atoms with Crippen LogP contribution in [0.3, 0.4) is 0 Å². The highest BCUT2D eigenvalue weighted by molar-refractivity contribution is 5.12. The van der Waals surface area contributed by atoms with Crippen molar-refractivity contribution in [1.82, 2.24) is 4.57 Å². The van der Waals surface area contributed by atoms with Gasteiger partial charge in [0.05, 0.1) is 7.11 Å². The van der Waals surface area contributed by atoms with Gasteiger partial charge in [-0.2, -0.15) is 0 Å². The Bertz CT molecular complexity index is 195. The normalized spacial score (nSPS) is 9.80.